The van der Waals surface area contributed by atoms with Crippen molar-refractivity contribution in [3.05, 3.63) is 42.8 Å². The van der Waals surface area contributed by atoms with E-state index in [1.165, 1.54) is 17.4 Å². The predicted molar refractivity (Wildman–Crippen MR) is 70.7 cm³/mol. The second kappa shape index (κ2) is 5.11. The molecule has 0 bridgehead atoms. The van der Waals surface area contributed by atoms with Crippen LogP contribution in [0.25, 0.3) is 0 Å². The molecule has 2 rings (SSSR count). The average Bonchev–Trinajstić information content (AvgIpc) is 2.67. The number of ether oxygens (including phenoxy) is 1. The largest absolute Gasteiger partial charge is 0.429 e. The summed E-state index contributed by atoms with van der Waals surface area (Å²) in [6, 6.07) is 4.59. The molecule has 0 aliphatic heterocycles. The Bertz CT molecular complexity index is 573. The molecule has 1 aromatic carbocycles. The minimum absolute atomic E-state index is 0.0434. The highest BCUT2D eigenvalue weighted by atomic mass is 79.9. The Morgan fingerprint density at radius 2 is 2.18 bits per heavy atom. The number of nitrogens with zero attached hydrogens (tertiary/aromatic N) is 2. The van der Waals surface area contributed by atoms with Gasteiger partial charge < -0.3 is 4.74 Å². The first-order valence-corrected chi connectivity index (χ1v) is 6.76. The van der Waals surface area contributed by atoms with Gasteiger partial charge in [0.15, 0.2) is 5.75 Å². The Balaban J connectivity index is 2.33. The van der Waals surface area contributed by atoms with Crippen LogP contribution in [-0.4, -0.2) is 9.91 Å². The van der Waals surface area contributed by atoms with Gasteiger partial charge in [-0.1, -0.05) is 17.4 Å². The maximum absolute atomic E-state index is 10.7. The lowest BCUT2D eigenvalue weighted by atomic mass is 10.3. The SMILES string of the molecule is O=[N+]([O-])c1cccc(Oc2nc(Br)cs2)c1Br. The van der Waals surface area contributed by atoms with Crippen LogP contribution in [0.3, 0.4) is 0 Å². The zero-order valence-corrected chi connectivity index (χ0v) is 12.1. The van der Waals surface area contributed by atoms with Crippen LogP contribution < -0.4 is 4.74 Å². The summed E-state index contributed by atoms with van der Waals surface area (Å²) in [5.41, 5.74) is -0.0434. The fourth-order valence-electron chi connectivity index (χ4n) is 1.10. The third-order valence-corrected chi connectivity index (χ3v) is 4.02. The molecule has 17 heavy (non-hydrogen) atoms. The summed E-state index contributed by atoms with van der Waals surface area (Å²) in [4.78, 5) is 14.3. The van der Waals surface area contributed by atoms with Gasteiger partial charge in [0.25, 0.3) is 10.9 Å². The topological polar surface area (TPSA) is 65.3 Å². The molecular weight excluding hydrogens is 376 g/mol. The number of thiazole rings is 1. The molecule has 0 aliphatic carbocycles. The van der Waals surface area contributed by atoms with E-state index in [1.807, 2.05) is 0 Å². The predicted octanol–water partition coefficient (Wildman–Crippen LogP) is 4.37. The molecule has 0 amide bonds. The van der Waals surface area contributed by atoms with E-state index in [2.05, 4.69) is 36.8 Å². The summed E-state index contributed by atoms with van der Waals surface area (Å²) in [5, 5.41) is 12.9. The van der Waals surface area contributed by atoms with Crippen molar-refractivity contribution in [3.63, 3.8) is 0 Å². The van der Waals surface area contributed by atoms with E-state index in [-0.39, 0.29) is 5.69 Å². The Kier molecular flexibility index (Phi) is 3.75. The number of nitro groups is 1. The van der Waals surface area contributed by atoms with Crippen molar-refractivity contribution in [1.82, 2.24) is 4.98 Å². The van der Waals surface area contributed by atoms with Crippen LogP contribution in [0.4, 0.5) is 5.69 Å². The second-order valence-corrected chi connectivity index (χ2v) is 5.31. The minimum atomic E-state index is -0.477. The van der Waals surface area contributed by atoms with Crippen LogP contribution >= 0.6 is 43.2 Å². The first kappa shape index (κ1) is 12.5. The summed E-state index contributed by atoms with van der Waals surface area (Å²) in [5.74, 6) is 0.362. The Hall–Kier alpha value is -0.990. The van der Waals surface area contributed by atoms with E-state index in [0.29, 0.717) is 20.0 Å². The highest BCUT2D eigenvalue weighted by Gasteiger charge is 2.17. The van der Waals surface area contributed by atoms with E-state index < -0.39 is 4.92 Å². The molecule has 0 fully saturated rings. The molecule has 88 valence electrons. The number of halogens is 2. The maximum Gasteiger partial charge on any atom is 0.287 e. The second-order valence-electron chi connectivity index (χ2n) is 2.88. The van der Waals surface area contributed by atoms with Gasteiger partial charge in [-0.3, -0.25) is 10.1 Å². The van der Waals surface area contributed by atoms with Crippen molar-refractivity contribution in [2.24, 2.45) is 0 Å². The van der Waals surface area contributed by atoms with Gasteiger partial charge in [-0.2, -0.15) is 4.98 Å². The molecule has 0 saturated carbocycles. The smallest absolute Gasteiger partial charge is 0.287 e. The molecule has 2 aromatic rings. The van der Waals surface area contributed by atoms with Crippen LogP contribution in [0.1, 0.15) is 0 Å². The molecule has 8 heteroatoms. The third-order valence-electron chi connectivity index (χ3n) is 1.79. The number of hydrogen-bond acceptors (Lipinski definition) is 5. The van der Waals surface area contributed by atoms with E-state index in [9.17, 15) is 10.1 Å². The van der Waals surface area contributed by atoms with Crippen molar-refractivity contribution >= 4 is 48.9 Å². The van der Waals surface area contributed by atoms with Gasteiger partial charge >= 0.3 is 0 Å². The van der Waals surface area contributed by atoms with Gasteiger partial charge in [0.2, 0.25) is 0 Å². The van der Waals surface area contributed by atoms with Crippen molar-refractivity contribution in [2.75, 3.05) is 0 Å². The van der Waals surface area contributed by atoms with Crippen LogP contribution in [0.2, 0.25) is 0 Å². The zero-order chi connectivity index (χ0) is 12.4. The Morgan fingerprint density at radius 1 is 1.41 bits per heavy atom. The number of aromatic nitrogens is 1. The monoisotopic (exact) mass is 378 g/mol. The van der Waals surface area contributed by atoms with Crippen molar-refractivity contribution in [2.45, 2.75) is 0 Å². The standard InChI is InChI=1S/C9H4Br2N2O3S/c10-7-4-17-9(12-7)16-6-3-1-2-5(8(6)11)13(14)15/h1-4H. The summed E-state index contributed by atoms with van der Waals surface area (Å²) < 4.78 is 6.41. The number of rotatable bonds is 3. The van der Waals surface area contributed by atoms with Crippen LogP contribution in [0.5, 0.6) is 10.9 Å². The van der Waals surface area contributed by atoms with Crippen molar-refractivity contribution in [3.8, 4) is 10.9 Å². The number of hydrogen-bond donors (Lipinski definition) is 0. The van der Waals surface area contributed by atoms with E-state index in [0.717, 1.165) is 0 Å². The van der Waals surface area contributed by atoms with Gasteiger partial charge in [-0.25, -0.2) is 0 Å². The Morgan fingerprint density at radius 3 is 2.76 bits per heavy atom. The molecule has 0 radical (unpaired) electrons. The van der Waals surface area contributed by atoms with Gasteiger partial charge in [-0.15, -0.1) is 0 Å². The maximum atomic E-state index is 10.7. The van der Waals surface area contributed by atoms with E-state index in [1.54, 1.807) is 17.5 Å². The molecular formula is C9H4Br2N2O3S. The number of benzene rings is 1. The van der Waals surface area contributed by atoms with E-state index in [4.69, 9.17) is 4.74 Å². The molecule has 1 heterocycles. The average molecular weight is 380 g/mol. The molecule has 0 unspecified atom stereocenters. The van der Waals surface area contributed by atoms with Gasteiger partial charge in [0.1, 0.15) is 9.08 Å². The molecule has 0 saturated heterocycles. The normalized spacial score (nSPS) is 10.2. The lowest BCUT2D eigenvalue weighted by Gasteiger charge is -2.04. The van der Waals surface area contributed by atoms with Crippen molar-refractivity contribution in [1.29, 1.82) is 0 Å². The highest BCUT2D eigenvalue weighted by Crippen LogP contribution is 2.37. The lowest BCUT2D eigenvalue weighted by Crippen LogP contribution is -1.91. The fraction of sp³-hybridized carbons (Fsp3) is 0. The van der Waals surface area contributed by atoms with Crippen molar-refractivity contribution < 1.29 is 9.66 Å². The van der Waals surface area contributed by atoms with E-state index >= 15 is 0 Å². The van der Waals surface area contributed by atoms with Gasteiger partial charge in [-0.05, 0) is 37.9 Å². The van der Waals surface area contributed by atoms with Crippen LogP contribution in [0.15, 0.2) is 32.7 Å². The van der Waals surface area contributed by atoms with Crippen LogP contribution in [0, 0.1) is 10.1 Å². The Labute approximate surface area is 117 Å². The lowest BCUT2D eigenvalue weighted by molar-refractivity contribution is -0.385. The summed E-state index contributed by atoms with van der Waals surface area (Å²) in [6.07, 6.45) is 0. The third kappa shape index (κ3) is 2.82. The first-order valence-electron chi connectivity index (χ1n) is 4.29. The van der Waals surface area contributed by atoms with Crippen LogP contribution in [-0.2, 0) is 0 Å². The van der Waals surface area contributed by atoms with Gasteiger partial charge in [0, 0.05) is 11.4 Å². The first-order chi connectivity index (χ1) is 8.08. The summed E-state index contributed by atoms with van der Waals surface area (Å²) in [6.45, 7) is 0. The molecule has 1 aromatic heterocycles. The molecule has 0 atom stereocenters. The minimum Gasteiger partial charge on any atom is -0.429 e. The highest BCUT2D eigenvalue weighted by molar-refractivity contribution is 9.11. The molecule has 5 nitrogen and oxygen atoms in total. The molecule has 0 spiro atoms. The quantitative estimate of drug-likeness (QED) is 0.586. The molecule has 0 N–H and O–H groups in total. The summed E-state index contributed by atoms with van der Waals surface area (Å²) in [7, 11) is 0. The summed E-state index contributed by atoms with van der Waals surface area (Å²) >= 11 is 7.64. The van der Waals surface area contributed by atoms with Gasteiger partial charge in [0.05, 0.1) is 4.92 Å². The number of nitro benzene ring substituents is 1. The molecule has 0 aliphatic rings. The zero-order valence-electron chi connectivity index (χ0n) is 8.09. The fourth-order valence-corrected chi connectivity index (χ4v) is 2.69.